The van der Waals surface area contributed by atoms with Crippen molar-refractivity contribution in [3.05, 3.63) is 46.7 Å². The van der Waals surface area contributed by atoms with E-state index in [1.807, 2.05) is 44.4 Å². The lowest BCUT2D eigenvalue weighted by atomic mass is 10.2. The molecule has 1 heterocycles. The molecule has 170 valence electrons. The third-order valence-corrected chi connectivity index (χ3v) is 6.78. The molecule has 1 aromatic carbocycles. The first-order valence-corrected chi connectivity index (χ1v) is 12.1. The molecule has 11 heteroatoms. The number of hydrogen-bond acceptors (Lipinski definition) is 7. The molecule has 2 rings (SSSR count). The number of halogens is 1. The van der Waals surface area contributed by atoms with Crippen LogP contribution in [0.4, 0.5) is 11.6 Å². The lowest BCUT2D eigenvalue weighted by molar-refractivity contribution is -0.889. The number of anilines is 2. The Kier molecular flexibility index (Phi) is 8.60. The first kappa shape index (κ1) is 24.8. The van der Waals surface area contributed by atoms with Crippen LogP contribution in [0.15, 0.2) is 30.3 Å². The molecule has 0 saturated carbocycles. The fourth-order valence-electron chi connectivity index (χ4n) is 3.04. The number of nitrogens with zero attached hydrogens (tertiary/aromatic N) is 3. The lowest BCUT2D eigenvalue weighted by Gasteiger charge is -2.30. The van der Waals surface area contributed by atoms with Gasteiger partial charge in [0.25, 0.3) is 5.91 Å². The van der Waals surface area contributed by atoms with Gasteiger partial charge in [0.15, 0.2) is 32.3 Å². The molecule has 2 aromatic rings. The number of nitrogens with one attached hydrogen (secondary N) is 1. The molecule has 0 saturated heterocycles. The molecule has 0 radical (unpaired) electrons. The third kappa shape index (κ3) is 8.31. The van der Waals surface area contributed by atoms with Crippen molar-refractivity contribution in [1.29, 1.82) is 0 Å². The largest absolute Gasteiger partial charge is 0.382 e. The highest BCUT2D eigenvalue weighted by atomic mass is 35.5. The monoisotopic (exact) mass is 469 g/mol. The quantitative estimate of drug-likeness (QED) is 0.334. The zero-order chi connectivity index (χ0) is 23.1. The number of unbranched alkanes of at least 4 members (excludes halogenated alkanes) is 1. The van der Waals surface area contributed by atoms with Crippen LogP contribution in [0.25, 0.3) is 0 Å². The second-order valence-electron chi connectivity index (χ2n) is 8.06. The maximum absolute atomic E-state index is 12.3. The summed E-state index contributed by atoms with van der Waals surface area (Å²) in [6.07, 6.45) is 1.36. The minimum atomic E-state index is -3.13. The van der Waals surface area contributed by atoms with Gasteiger partial charge in [0, 0.05) is 0 Å². The zero-order valence-corrected chi connectivity index (χ0v) is 19.4. The minimum Gasteiger partial charge on any atom is -0.382 e. The molecule has 0 aliphatic rings. The Morgan fingerprint density at radius 3 is 2.42 bits per heavy atom. The van der Waals surface area contributed by atoms with Crippen molar-refractivity contribution in [3.8, 4) is 0 Å². The van der Waals surface area contributed by atoms with Crippen molar-refractivity contribution in [2.24, 2.45) is 0 Å². The highest BCUT2D eigenvalue weighted by molar-refractivity contribution is 7.90. The molecule has 0 unspecified atom stereocenters. The average molecular weight is 470 g/mol. The number of sulfone groups is 1. The van der Waals surface area contributed by atoms with Gasteiger partial charge in [-0.2, -0.15) is 0 Å². The molecule has 0 atom stereocenters. The van der Waals surface area contributed by atoms with Gasteiger partial charge >= 0.3 is 0 Å². The maximum atomic E-state index is 12.3. The number of hydrogen-bond donors (Lipinski definition) is 3. The van der Waals surface area contributed by atoms with E-state index in [9.17, 15) is 13.2 Å². The fourth-order valence-corrected chi connectivity index (χ4v) is 4.65. The molecule has 0 aliphatic carbocycles. The number of rotatable bonds is 11. The Morgan fingerprint density at radius 1 is 1.06 bits per heavy atom. The maximum Gasteiger partial charge on any atom is 0.273 e. The predicted octanol–water partition coefficient (Wildman–Crippen LogP) is 1.50. The number of carbonyl (C=O) groups excluding carboxylic acids is 1. The summed E-state index contributed by atoms with van der Waals surface area (Å²) in [5, 5.41) is 2.68. The first-order chi connectivity index (χ1) is 14.5. The van der Waals surface area contributed by atoms with Gasteiger partial charge in [0.05, 0.1) is 45.2 Å². The molecule has 0 aliphatic heterocycles. The second-order valence-corrected chi connectivity index (χ2v) is 10.6. The van der Waals surface area contributed by atoms with Crippen LogP contribution in [0.1, 0.15) is 28.9 Å². The van der Waals surface area contributed by atoms with Crippen molar-refractivity contribution < 1.29 is 17.7 Å². The molecule has 1 aromatic heterocycles. The van der Waals surface area contributed by atoms with Gasteiger partial charge in [-0.3, -0.25) is 4.79 Å². The van der Waals surface area contributed by atoms with Crippen LogP contribution < -0.4 is 16.8 Å². The van der Waals surface area contributed by atoms with Gasteiger partial charge in [-0.15, -0.1) is 0 Å². The van der Waals surface area contributed by atoms with Crippen LogP contribution >= 0.6 is 11.6 Å². The summed E-state index contributed by atoms with van der Waals surface area (Å²) in [5.74, 6) is -0.351. The minimum absolute atomic E-state index is 0.0284. The Morgan fingerprint density at radius 2 is 1.74 bits per heavy atom. The van der Waals surface area contributed by atoms with Crippen molar-refractivity contribution in [2.75, 3.05) is 50.9 Å². The van der Waals surface area contributed by atoms with Crippen LogP contribution in [0.3, 0.4) is 0 Å². The van der Waals surface area contributed by atoms with Gasteiger partial charge in [0.2, 0.25) is 0 Å². The van der Waals surface area contributed by atoms with Gasteiger partial charge in [0.1, 0.15) is 0 Å². The van der Waals surface area contributed by atoms with Gasteiger partial charge < -0.3 is 21.3 Å². The number of aromatic nitrogens is 2. The Labute approximate surface area is 188 Å². The van der Waals surface area contributed by atoms with E-state index in [2.05, 4.69) is 15.3 Å². The Hall–Kier alpha value is -2.43. The van der Waals surface area contributed by atoms with Crippen molar-refractivity contribution >= 4 is 39.0 Å². The van der Waals surface area contributed by atoms with Gasteiger partial charge in [-0.25, -0.2) is 18.4 Å². The number of benzene rings is 1. The number of nitrogens with two attached hydrogens (primary N) is 2. The van der Waals surface area contributed by atoms with E-state index < -0.39 is 15.7 Å². The Balaban J connectivity index is 1.73. The topological polar surface area (TPSA) is 141 Å². The highest BCUT2D eigenvalue weighted by Gasteiger charge is 2.19. The van der Waals surface area contributed by atoms with E-state index in [1.54, 1.807) is 0 Å². The summed E-state index contributed by atoms with van der Waals surface area (Å²) in [6.45, 7) is 1.83. The van der Waals surface area contributed by atoms with Gasteiger partial charge in [-0.05, 0) is 18.4 Å². The number of likely N-dealkylation sites (N-methyl/N-ethyl adjacent to an activating group) is 1. The van der Waals surface area contributed by atoms with E-state index in [0.717, 1.165) is 18.5 Å². The summed E-state index contributed by atoms with van der Waals surface area (Å²) in [4.78, 5) is 19.9. The van der Waals surface area contributed by atoms with E-state index >= 15 is 0 Å². The number of quaternary nitrogens is 1. The molecular weight excluding hydrogens is 440 g/mol. The lowest BCUT2D eigenvalue weighted by Crippen LogP contribution is -2.46. The van der Waals surface area contributed by atoms with E-state index in [1.165, 1.54) is 0 Å². The van der Waals surface area contributed by atoms with E-state index in [-0.39, 0.29) is 34.0 Å². The number of nitrogen functional groups attached to an aromatic ring is 2. The zero-order valence-electron chi connectivity index (χ0n) is 17.8. The summed E-state index contributed by atoms with van der Waals surface area (Å²) < 4.78 is 25.2. The summed E-state index contributed by atoms with van der Waals surface area (Å²) >= 11 is 5.80. The summed E-state index contributed by atoms with van der Waals surface area (Å²) in [7, 11) is 0.923. The SMILES string of the molecule is C[N+](C)(CCCCS(=O)(=O)Cc1ccccc1)CCNC(=O)c1nc(Cl)c(N)nc1N. The van der Waals surface area contributed by atoms with Crippen LogP contribution in [0.5, 0.6) is 0 Å². The average Bonchev–Trinajstić information content (AvgIpc) is 2.68. The molecule has 9 nitrogen and oxygen atoms in total. The second kappa shape index (κ2) is 10.7. The van der Waals surface area contributed by atoms with E-state index in [4.69, 9.17) is 23.1 Å². The summed E-state index contributed by atoms with van der Waals surface area (Å²) in [5.41, 5.74) is 11.9. The van der Waals surface area contributed by atoms with Crippen LogP contribution in [-0.4, -0.2) is 68.3 Å². The highest BCUT2D eigenvalue weighted by Crippen LogP contribution is 2.17. The number of carbonyl (C=O) groups is 1. The van der Waals surface area contributed by atoms with Gasteiger partial charge in [-0.1, -0.05) is 41.9 Å². The standard InChI is InChI=1S/C20H29ClN6O3S/c1-27(2,11-6-7-13-31(29,30)14-15-8-4-3-5-9-15)12-10-24-20(28)16-18(22)26-19(23)17(21)25-16/h3-5,8-9H,6-7,10-14H2,1-2H3,(H4-,22,23,24,26,28)/p+1. The smallest absolute Gasteiger partial charge is 0.273 e. The fraction of sp³-hybridized carbons (Fsp3) is 0.450. The molecular formula is C20H30ClN6O3S+. The molecule has 1 amide bonds. The third-order valence-electron chi connectivity index (χ3n) is 4.82. The van der Waals surface area contributed by atoms with E-state index in [0.29, 0.717) is 24.0 Å². The molecule has 5 N–H and O–H groups in total. The molecule has 31 heavy (non-hydrogen) atoms. The predicted molar refractivity (Wildman–Crippen MR) is 123 cm³/mol. The summed E-state index contributed by atoms with van der Waals surface area (Å²) in [6, 6.07) is 9.19. The molecule has 0 bridgehead atoms. The van der Waals surface area contributed by atoms with Crippen LogP contribution in [0, 0.1) is 0 Å². The van der Waals surface area contributed by atoms with Crippen molar-refractivity contribution in [3.63, 3.8) is 0 Å². The molecule has 0 fully saturated rings. The first-order valence-electron chi connectivity index (χ1n) is 9.92. The number of amides is 1. The Bertz CT molecular complexity index is 999. The van der Waals surface area contributed by atoms with Crippen LogP contribution in [0.2, 0.25) is 5.15 Å². The normalized spacial score (nSPS) is 12.0. The van der Waals surface area contributed by atoms with Crippen molar-refractivity contribution in [2.45, 2.75) is 18.6 Å². The van der Waals surface area contributed by atoms with Crippen molar-refractivity contribution in [1.82, 2.24) is 15.3 Å². The molecule has 0 spiro atoms. The van der Waals surface area contributed by atoms with Crippen LogP contribution in [-0.2, 0) is 15.6 Å².